The summed E-state index contributed by atoms with van der Waals surface area (Å²) in [7, 11) is 0. The maximum atomic E-state index is 12.1. The van der Waals surface area contributed by atoms with Crippen molar-refractivity contribution in [3.05, 3.63) is 58.9 Å². The zero-order valence-electron chi connectivity index (χ0n) is 16.1. The molecule has 2 aliphatic heterocycles. The second kappa shape index (κ2) is 8.35. The van der Waals surface area contributed by atoms with E-state index in [2.05, 4.69) is 15.1 Å². The normalized spacial score (nSPS) is 19.5. The van der Waals surface area contributed by atoms with Gasteiger partial charge in [0.15, 0.2) is 10.9 Å². The topological polar surface area (TPSA) is 83.7 Å². The number of carbonyl (C=O) groups excluding carboxylic acids is 2. The van der Waals surface area contributed by atoms with Crippen LogP contribution in [0, 0.1) is 6.92 Å². The molecule has 1 aromatic carbocycles. The number of amidine groups is 1. The molecule has 0 bridgehead atoms. The maximum absolute atomic E-state index is 12.1. The van der Waals surface area contributed by atoms with Gasteiger partial charge in [0.1, 0.15) is 0 Å². The summed E-state index contributed by atoms with van der Waals surface area (Å²) in [5.74, 6) is 0.304. The molecule has 0 aliphatic carbocycles. The molecular formula is C20H20N4O3S. The van der Waals surface area contributed by atoms with Crippen molar-refractivity contribution in [2.75, 3.05) is 5.75 Å². The van der Waals surface area contributed by atoms with Crippen molar-refractivity contribution in [3.63, 3.8) is 0 Å². The van der Waals surface area contributed by atoms with Crippen LogP contribution in [0.5, 0.6) is 0 Å². The second-order valence-corrected chi connectivity index (χ2v) is 7.35. The van der Waals surface area contributed by atoms with E-state index in [1.807, 2.05) is 38.1 Å². The number of hydrazone groups is 1. The zero-order chi connectivity index (χ0) is 20.3. The number of amides is 1. The molecule has 3 rings (SSSR count). The summed E-state index contributed by atoms with van der Waals surface area (Å²) in [5.41, 5.74) is 3.17. The van der Waals surface area contributed by atoms with Crippen molar-refractivity contribution in [3.8, 4) is 0 Å². The summed E-state index contributed by atoms with van der Waals surface area (Å²) in [6, 6.07) is 7.57. The van der Waals surface area contributed by atoms with Gasteiger partial charge in [0.25, 0.3) is 0 Å². The Morgan fingerprint density at radius 2 is 1.82 bits per heavy atom. The molecule has 0 saturated carbocycles. The number of esters is 1. The van der Waals surface area contributed by atoms with Gasteiger partial charge in [0.2, 0.25) is 11.8 Å². The van der Waals surface area contributed by atoms with E-state index in [0.717, 1.165) is 16.9 Å². The summed E-state index contributed by atoms with van der Waals surface area (Å²) in [6.07, 6.45) is 3.21. The number of allylic oxidation sites excluding steroid dienone is 3. The van der Waals surface area contributed by atoms with E-state index in [1.54, 1.807) is 19.1 Å². The minimum Gasteiger partial charge on any atom is -0.402 e. The van der Waals surface area contributed by atoms with Crippen molar-refractivity contribution >= 4 is 40.4 Å². The Kier molecular flexibility index (Phi) is 5.89. The van der Waals surface area contributed by atoms with E-state index >= 15 is 0 Å². The molecular weight excluding hydrogens is 376 g/mol. The number of rotatable bonds is 3. The second-order valence-electron chi connectivity index (χ2n) is 6.12. The largest absolute Gasteiger partial charge is 0.402 e. The van der Waals surface area contributed by atoms with Crippen molar-refractivity contribution < 1.29 is 14.3 Å². The fraction of sp³-hybridized carbons (Fsp3) is 0.250. The quantitative estimate of drug-likeness (QED) is 0.579. The van der Waals surface area contributed by atoms with Crippen molar-refractivity contribution in [2.24, 2.45) is 15.1 Å². The van der Waals surface area contributed by atoms with Crippen molar-refractivity contribution in [2.45, 2.75) is 27.7 Å². The van der Waals surface area contributed by atoms with Gasteiger partial charge in [0, 0.05) is 12.5 Å². The fourth-order valence-corrected chi connectivity index (χ4v) is 3.17. The number of thioether (sulfide) groups is 1. The van der Waals surface area contributed by atoms with Crippen LogP contribution in [0.4, 0.5) is 0 Å². The smallest absolute Gasteiger partial charge is 0.363 e. The van der Waals surface area contributed by atoms with E-state index in [4.69, 9.17) is 4.74 Å². The van der Waals surface area contributed by atoms with Gasteiger partial charge >= 0.3 is 5.97 Å². The highest BCUT2D eigenvalue weighted by atomic mass is 32.2. The van der Waals surface area contributed by atoms with E-state index in [0.29, 0.717) is 16.6 Å². The Labute approximate surface area is 167 Å². The summed E-state index contributed by atoms with van der Waals surface area (Å²) in [4.78, 5) is 32.7. The number of nitrogens with zero attached hydrogens (tertiary/aromatic N) is 4. The highest BCUT2D eigenvalue weighted by Gasteiger charge is 2.25. The number of hydrogen-bond donors (Lipinski definition) is 0. The average molecular weight is 396 g/mol. The third kappa shape index (κ3) is 4.28. The van der Waals surface area contributed by atoms with Gasteiger partial charge in [-0.25, -0.2) is 14.8 Å². The van der Waals surface area contributed by atoms with Crippen LogP contribution in [0.1, 0.15) is 31.9 Å². The predicted octanol–water partition coefficient (Wildman–Crippen LogP) is 3.41. The molecule has 28 heavy (non-hydrogen) atoms. The minimum absolute atomic E-state index is 0.185. The molecule has 2 heterocycles. The lowest BCUT2D eigenvalue weighted by Crippen LogP contribution is -2.32. The minimum atomic E-state index is -0.518. The molecule has 0 spiro atoms. The van der Waals surface area contributed by atoms with Crippen LogP contribution < -0.4 is 0 Å². The number of aryl methyl sites for hydroxylation is 1. The maximum Gasteiger partial charge on any atom is 0.363 e. The fourth-order valence-electron chi connectivity index (χ4n) is 2.46. The third-order valence-electron chi connectivity index (χ3n) is 3.91. The average Bonchev–Trinajstić information content (AvgIpc) is 3.03. The Balaban J connectivity index is 1.89. The van der Waals surface area contributed by atoms with Gasteiger partial charge in [-0.15, -0.1) is 0 Å². The number of ether oxygens (including phenoxy) is 1. The summed E-state index contributed by atoms with van der Waals surface area (Å²) < 4.78 is 5.27. The Bertz CT molecular complexity index is 972. The SMILES string of the molecule is CCSC1=N/C(=C\C=C2\N=C(c3ccc(C)cc3)OC2=O)C(C)=NN1C(C)=O. The van der Waals surface area contributed by atoms with Gasteiger partial charge in [-0.05, 0) is 43.9 Å². The van der Waals surface area contributed by atoms with Gasteiger partial charge in [-0.2, -0.15) is 10.1 Å². The molecule has 2 aliphatic rings. The molecule has 1 aromatic rings. The molecule has 7 nitrogen and oxygen atoms in total. The molecule has 8 heteroatoms. The zero-order valence-corrected chi connectivity index (χ0v) is 16.9. The van der Waals surface area contributed by atoms with Gasteiger partial charge < -0.3 is 4.74 Å². The number of cyclic esters (lactones) is 1. The van der Waals surface area contributed by atoms with Crippen LogP contribution in [0.3, 0.4) is 0 Å². The highest BCUT2D eigenvalue weighted by molar-refractivity contribution is 8.13. The molecule has 1 amide bonds. The molecule has 0 radical (unpaired) electrons. The molecule has 0 aromatic heterocycles. The molecule has 0 atom stereocenters. The van der Waals surface area contributed by atoms with Crippen LogP contribution in [-0.2, 0) is 14.3 Å². The predicted molar refractivity (Wildman–Crippen MR) is 111 cm³/mol. The molecule has 0 saturated heterocycles. The Morgan fingerprint density at radius 1 is 1.14 bits per heavy atom. The molecule has 144 valence electrons. The summed E-state index contributed by atoms with van der Waals surface area (Å²) in [5, 5.41) is 6.08. The number of aliphatic imine (C=N–C) groups is 2. The van der Waals surface area contributed by atoms with Crippen LogP contribution in [0.15, 0.2) is 62.9 Å². The molecule has 0 N–H and O–H groups in total. The monoisotopic (exact) mass is 396 g/mol. The van der Waals surface area contributed by atoms with Gasteiger partial charge in [-0.1, -0.05) is 36.4 Å². The molecule has 0 fully saturated rings. The third-order valence-corrected chi connectivity index (χ3v) is 4.72. The van der Waals surface area contributed by atoms with Crippen LogP contribution in [-0.4, -0.2) is 39.4 Å². The van der Waals surface area contributed by atoms with E-state index in [1.165, 1.54) is 23.7 Å². The lowest BCUT2D eigenvalue weighted by molar-refractivity contribution is -0.130. The van der Waals surface area contributed by atoms with Crippen molar-refractivity contribution in [1.82, 2.24) is 5.01 Å². The summed E-state index contributed by atoms with van der Waals surface area (Å²) >= 11 is 1.42. The summed E-state index contributed by atoms with van der Waals surface area (Å²) in [6.45, 7) is 7.15. The first-order chi connectivity index (χ1) is 13.4. The Hall–Kier alpha value is -3.00. The van der Waals surface area contributed by atoms with Crippen molar-refractivity contribution in [1.29, 1.82) is 0 Å². The lowest BCUT2D eigenvalue weighted by atomic mass is 10.1. The van der Waals surface area contributed by atoms with E-state index < -0.39 is 5.97 Å². The first-order valence-electron chi connectivity index (χ1n) is 8.76. The first-order valence-corrected chi connectivity index (χ1v) is 9.75. The van der Waals surface area contributed by atoms with Gasteiger partial charge in [-0.3, -0.25) is 4.79 Å². The lowest BCUT2D eigenvalue weighted by Gasteiger charge is -2.22. The van der Waals surface area contributed by atoms with Crippen LogP contribution >= 0.6 is 11.8 Å². The standard InChI is InChI=1S/C20H20N4O3S/c1-5-28-20-22-16(13(3)23-24(20)14(4)25)10-11-17-19(26)27-18(21-17)15-8-6-12(2)7-9-15/h6-11H,5H2,1-4H3/b16-10-,17-11+. The van der Waals surface area contributed by atoms with E-state index in [-0.39, 0.29) is 17.5 Å². The number of carbonyl (C=O) groups is 2. The Morgan fingerprint density at radius 3 is 2.46 bits per heavy atom. The number of hydrogen-bond acceptors (Lipinski definition) is 7. The van der Waals surface area contributed by atoms with E-state index in [9.17, 15) is 9.59 Å². The first kappa shape index (κ1) is 19.8. The van der Waals surface area contributed by atoms with Gasteiger partial charge in [0.05, 0.1) is 11.4 Å². The van der Waals surface area contributed by atoms with Crippen LogP contribution in [0.2, 0.25) is 0 Å². The molecule has 0 unspecified atom stereocenters. The highest BCUT2D eigenvalue weighted by Crippen LogP contribution is 2.21. The number of benzene rings is 1. The van der Waals surface area contributed by atoms with Crippen LogP contribution in [0.25, 0.3) is 0 Å².